The maximum absolute atomic E-state index is 12.6. The second-order valence-electron chi connectivity index (χ2n) is 5.58. The molecule has 1 saturated heterocycles. The number of carbonyl (C=O) groups excluding carboxylic acids is 1. The van der Waals surface area contributed by atoms with Crippen LogP contribution in [0, 0.1) is 5.92 Å². The molecule has 1 saturated carbocycles. The zero-order valence-corrected chi connectivity index (χ0v) is 11.4. The quantitative estimate of drug-likeness (QED) is 0.887. The number of hydrogen-bond donors (Lipinski definition) is 1. The van der Waals surface area contributed by atoms with E-state index in [4.69, 9.17) is 0 Å². The van der Waals surface area contributed by atoms with E-state index in [1.807, 2.05) is 19.2 Å². The Morgan fingerprint density at radius 1 is 1.32 bits per heavy atom. The molecule has 1 aliphatic heterocycles. The first-order valence-corrected chi connectivity index (χ1v) is 7.24. The number of fused-ring (bicyclic) bond motifs is 1. The van der Waals surface area contributed by atoms with Gasteiger partial charge in [-0.15, -0.1) is 0 Å². The van der Waals surface area contributed by atoms with E-state index < -0.39 is 0 Å². The molecular weight excluding hydrogens is 238 g/mol. The van der Waals surface area contributed by atoms with Crippen molar-refractivity contribution in [2.24, 2.45) is 5.92 Å². The fourth-order valence-electron chi connectivity index (χ4n) is 3.52. The highest BCUT2D eigenvalue weighted by molar-refractivity contribution is 5.92. The summed E-state index contributed by atoms with van der Waals surface area (Å²) in [5, 5.41) is 3.02. The minimum Gasteiger partial charge on any atom is -0.387 e. The molecule has 2 atom stereocenters. The molecule has 1 aliphatic carbocycles. The van der Waals surface area contributed by atoms with Gasteiger partial charge in [-0.05, 0) is 43.7 Å². The van der Waals surface area contributed by atoms with Crippen molar-refractivity contribution in [2.75, 3.05) is 18.9 Å². The van der Waals surface area contributed by atoms with E-state index >= 15 is 0 Å². The average Bonchev–Trinajstić information content (AvgIpc) is 2.95. The van der Waals surface area contributed by atoms with Crippen molar-refractivity contribution in [3.05, 3.63) is 24.0 Å². The van der Waals surface area contributed by atoms with Crippen molar-refractivity contribution in [3.63, 3.8) is 0 Å². The molecule has 0 aromatic carbocycles. The van der Waals surface area contributed by atoms with Crippen LogP contribution in [0.4, 0.5) is 5.69 Å². The number of hydrogen-bond acceptors (Lipinski definition) is 3. The van der Waals surface area contributed by atoms with Gasteiger partial charge in [-0.2, -0.15) is 0 Å². The van der Waals surface area contributed by atoms with Gasteiger partial charge in [-0.25, -0.2) is 4.98 Å². The molecule has 4 nitrogen and oxygen atoms in total. The van der Waals surface area contributed by atoms with Crippen molar-refractivity contribution in [3.8, 4) is 0 Å². The van der Waals surface area contributed by atoms with Gasteiger partial charge in [0, 0.05) is 19.6 Å². The van der Waals surface area contributed by atoms with Crippen LogP contribution in [0.1, 0.15) is 42.6 Å². The molecule has 2 heterocycles. The summed E-state index contributed by atoms with van der Waals surface area (Å²) in [6.07, 6.45) is 7.89. The first-order chi connectivity index (χ1) is 9.29. The number of piperidine rings is 1. The van der Waals surface area contributed by atoms with Gasteiger partial charge in [0.25, 0.3) is 5.91 Å². The van der Waals surface area contributed by atoms with E-state index in [0.29, 0.717) is 11.7 Å². The molecule has 102 valence electrons. The Balaban J connectivity index is 1.78. The molecular formula is C15H21N3O. The molecule has 2 fully saturated rings. The van der Waals surface area contributed by atoms with Gasteiger partial charge in [0.15, 0.2) is 0 Å². The Hall–Kier alpha value is -1.58. The van der Waals surface area contributed by atoms with Crippen molar-refractivity contribution in [2.45, 2.75) is 38.1 Å². The summed E-state index contributed by atoms with van der Waals surface area (Å²) in [6, 6.07) is 4.20. The van der Waals surface area contributed by atoms with E-state index in [1.165, 1.54) is 25.7 Å². The van der Waals surface area contributed by atoms with Gasteiger partial charge in [0.05, 0.1) is 11.9 Å². The first-order valence-electron chi connectivity index (χ1n) is 7.24. The lowest BCUT2D eigenvalue weighted by molar-refractivity contribution is 0.0542. The van der Waals surface area contributed by atoms with Crippen LogP contribution in [0.3, 0.4) is 0 Å². The topological polar surface area (TPSA) is 45.2 Å². The van der Waals surface area contributed by atoms with Crippen LogP contribution in [-0.4, -0.2) is 35.4 Å². The Kier molecular flexibility index (Phi) is 3.40. The number of carbonyl (C=O) groups is 1. The Morgan fingerprint density at radius 3 is 2.89 bits per heavy atom. The molecule has 0 spiro atoms. The van der Waals surface area contributed by atoms with Gasteiger partial charge >= 0.3 is 0 Å². The SMILES string of the molecule is CNc1ccc(C(=O)N2CCCC3CCCC32)nc1. The van der Waals surface area contributed by atoms with Crippen LogP contribution in [0.2, 0.25) is 0 Å². The summed E-state index contributed by atoms with van der Waals surface area (Å²) in [5.41, 5.74) is 1.51. The summed E-state index contributed by atoms with van der Waals surface area (Å²) in [6.45, 7) is 0.898. The smallest absolute Gasteiger partial charge is 0.272 e. The number of nitrogens with zero attached hydrogens (tertiary/aromatic N) is 2. The number of rotatable bonds is 2. The third-order valence-corrected chi connectivity index (χ3v) is 4.53. The normalized spacial score (nSPS) is 26.1. The number of nitrogens with one attached hydrogen (secondary N) is 1. The molecule has 0 bridgehead atoms. The van der Waals surface area contributed by atoms with Crippen molar-refractivity contribution in [1.29, 1.82) is 0 Å². The Labute approximate surface area is 114 Å². The van der Waals surface area contributed by atoms with Crippen molar-refractivity contribution >= 4 is 11.6 Å². The lowest BCUT2D eigenvalue weighted by Gasteiger charge is -2.37. The standard InChI is InChI=1S/C15H21N3O/c1-16-12-7-8-13(17-10-12)15(19)18-9-3-5-11-4-2-6-14(11)18/h7-8,10-11,14,16H,2-6,9H2,1H3. The van der Waals surface area contributed by atoms with Crippen LogP contribution < -0.4 is 5.32 Å². The number of aromatic nitrogens is 1. The fraction of sp³-hybridized carbons (Fsp3) is 0.600. The lowest BCUT2D eigenvalue weighted by Crippen LogP contribution is -2.46. The molecule has 1 amide bonds. The highest BCUT2D eigenvalue weighted by atomic mass is 16.2. The summed E-state index contributed by atoms with van der Waals surface area (Å²) in [4.78, 5) is 18.9. The zero-order chi connectivity index (χ0) is 13.2. The first kappa shape index (κ1) is 12.5. The van der Waals surface area contributed by atoms with Gasteiger partial charge in [0.1, 0.15) is 5.69 Å². The summed E-state index contributed by atoms with van der Waals surface area (Å²) in [5.74, 6) is 0.841. The maximum atomic E-state index is 12.6. The van der Waals surface area contributed by atoms with E-state index in [0.717, 1.165) is 24.6 Å². The van der Waals surface area contributed by atoms with Gasteiger partial charge in [-0.3, -0.25) is 4.79 Å². The Bertz CT molecular complexity index is 457. The number of anilines is 1. The van der Waals surface area contributed by atoms with Crippen molar-refractivity contribution < 1.29 is 4.79 Å². The van der Waals surface area contributed by atoms with Crippen molar-refractivity contribution in [1.82, 2.24) is 9.88 Å². The van der Waals surface area contributed by atoms with E-state index in [1.54, 1.807) is 6.20 Å². The van der Waals surface area contributed by atoms with E-state index in [-0.39, 0.29) is 5.91 Å². The highest BCUT2D eigenvalue weighted by Crippen LogP contribution is 2.37. The fourth-order valence-corrected chi connectivity index (χ4v) is 3.52. The predicted molar refractivity (Wildman–Crippen MR) is 75.2 cm³/mol. The maximum Gasteiger partial charge on any atom is 0.272 e. The number of likely N-dealkylation sites (tertiary alicyclic amines) is 1. The third kappa shape index (κ3) is 2.31. The summed E-state index contributed by atoms with van der Waals surface area (Å²) < 4.78 is 0. The predicted octanol–water partition coefficient (Wildman–Crippen LogP) is 2.53. The molecule has 1 N–H and O–H groups in total. The third-order valence-electron chi connectivity index (χ3n) is 4.53. The molecule has 0 radical (unpaired) electrons. The van der Waals surface area contributed by atoms with Crippen LogP contribution in [0.5, 0.6) is 0 Å². The number of amides is 1. The zero-order valence-electron chi connectivity index (χ0n) is 11.4. The minimum atomic E-state index is 0.110. The van der Waals surface area contributed by atoms with Crippen LogP contribution in [0.25, 0.3) is 0 Å². The molecule has 1 aromatic heterocycles. The molecule has 2 aliphatic rings. The van der Waals surface area contributed by atoms with Crippen LogP contribution in [-0.2, 0) is 0 Å². The second kappa shape index (κ2) is 5.19. The molecule has 4 heteroatoms. The number of pyridine rings is 1. The largest absolute Gasteiger partial charge is 0.387 e. The summed E-state index contributed by atoms with van der Waals surface area (Å²) >= 11 is 0. The van der Waals surface area contributed by atoms with E-state index in [2.05, 4.69) is 15.2 Å². The average molecular weight is 259 g/mol. The van der Waals surface area contributed by atoms with Crippen LogP contribution >= 0.6 is 0 Å². The lowest BCUT2D eigenvalue weighted by atomic mass is 9.91. The molecule has 3 rings (SSSR count). The molecule has 19 heavy (non-hydrogen) atoms. The Morgan fingerprint density at radius 2 is 2.16 bits per heavy atom. The summed E-state index contributed by atoms with van der Waals surface area (Å²) in [7, 11) is 1.85. The molecule has 1 aromatic rings. The molecule has 2 unspecified atom stereocenters. The van der Waals surface area contributed by atoms with Crippen LogP contribution in [0.15, 0.2) is 18.3 Å². The van der Waals surface area contributed by atoms with Gasteiger partial charge < -0.3 is 10.2 Å². The monoisotopic (exact) mass is 259 g/mol. The highest BCUT2D eigenvalue weighted by Gasteiger charge is 2.37. The van der Waals surface area contributed by atoms with E-state index in [9.17, 15) is 4.79 Å². The van der Waals surface area contributed by atoms with Gasteiger partial charge in [-0.1, -0.05) is 6.42 Å². The second-order valence-corrected chi connectivity index (χ2v) is 5.58. The van der Waals surface area contributed by atoms with Gasteiger partial charge in [0.2, 0.25) is 0 Å². The minimum absolute atomic E-state index is 0.110.